The minimum atomic E-state index is -0.694. The van der Waals surface area contributed by atoms with E-state index in [2.05, 4.69) is 95.9 Å². The molecule has 3 aromatic carbocycles. The molecule has 2 atom stereocenters. The summed E-state index contributed by atoms with van der Waals surface area (Å²) in [6.07, 6.45) is 2.79. The summed E-state index contributed by atoms with van der Waals surface area (Å²) in [4.78, 5) is 2.45. The predicted molar refractivity (Wildman–Crippen MR) is 119 cm³/mol. The van der Waals surface area contributed by atoms with Crippen LogP contribution in [0.25, 0.3) is 0 Å². The third kappa shape index (κ3) is 3.27. The van der Waals surface area contributed by atoms with Crippen LogP contribution in [0.1, 0.15) is 36.0 Å². The number of fused-ring (bicyclic) bond motifs is 1. The molecule has 2 aliphatic heterocycles. The summed E-state index contributed by atoms with van der Waals surface area (Å²) in [5.41, 5.74) is 2.62. The molecule has 0 aromatic heterocycles. The molecule has 5 rings (SSSR count). The number of hydrogen-bond acceptors (Lipinski definition) is 3. The molecular weight excluding hydrogens is 370 g/mol. The van der Waals surface area contributed by atoms with E-state index in [0.717, 1.165) is 42.6 Å². The second-order valence-electron chi connectivity index (χ2n) is 8.70. The molecule has 1 N–H and O–H groups in total. The van der Waals surface area contributed by atoms with Gasteiger partial charge in [-0.25, -0.2) is 0 Å². The molecule has 2 fully saturated rings. The highest BCUT2D eigenvalue weighted by Gasteiger charge is 2.50. The van der Waals surface area contributed by atoms with Gasteiger partial charge in [0, 0.05) is 12.1 Å². The smallest absolute Gasteiger partial charge is 0.143 e. The van der Waals surface area contributed by atoms with Gasteiger partial charge >= 0.3 is 0 Å². The largest absolute Gasteiger partial charge is 0.392 e. The summed E-state index contributed by atoms with van der Waals surface area (Å²) in [5, 5.41) is 10.4. The van der Waals surface area contributed by atoms with Crippen LogP contribution in [0.3, 0.4) is 0 Å². The Labute approximate surface area is 178 Å². The molecule has 2 aliphatic rings. The first kappa shape index (κ1) is 19.5. The Balaban J connectivity index is 1.63. The fourth-order valence-electron chi connectivity index (χ4n) is 5.50. The molecule has 0 spiro atoms. The lowest BCUT2D eigenvalue weighted by molar-refractivity contribution is -0.0422. The summed E-state index contributed by atoms with van der Waals surface area (Å²) in [5.74, 6) is 0. The van der Waals surface area contributed by atoms with Crippen LogP contribution in [0.4, 0.5) is 0 Å². The topological polar surface area (TPSA) is 32.7 Å². The average molecular weight is 400 g/mol. The van der Waals surface area contributed by atoms with E-state index < -0.39 is 5.60 Å². The maximum absolute atomic E-state index is 10.4. The number of hydrogen-bond donors (Lipinski definition) is 1. The average Bonchev–Trinajstić information content (AvgIpc) is 3.32. The Hall–Kier alpha value is -2.46. The molecule has 0 radical (unpaired) electrons. The van der Waals surface area contributed by atoms with Gasteiger partial charge in [-0.05, 0) is 42.5 Å². The Morgan fingerprint density at radius 1 is 0.833 bits per heavy atom. The molecule has 154 valence electrons. The third-order valence-electron chi connectivity index (χ3n) is 6.89. The van der Waals surface area contributed by atoms with Gasteiger partial charge in [0.25, 0.3) is 0 Å². The van der Waals surface area contributed by atoms with Crippen molar-refractivity contribution in [1.82, 2.24) is 4.90 Å². The number of ether oxygens (including phenoxy) is 1. The molecule has 0 bridgehead atoms. The molecule has 3 aromatic rings. The van der Waals surface area contributed by atoms with Gasteiger partial charge in [0.05, 0.1) is 12.7 Å². The summed E-state index contributed by atoms with van der Waals surface area (Å²) >= 11 is 0. The van der Waals surface area contributed by atoms with Crippen molar-refractivity contribution in [2.45, 2.75) is 36.5 Å². The quantitative estimate of drug-likeness (QED) is 0.615. The highest BCUT2D eigenvalue weighted by molar-refractivity contribution is 5.47. The van der Waals surface area contributed by atoms with Crippen LogP contribution in [-0.4, -0.2) is 41.3 Å². The third-order valence-corrected chi connectivity index (χ3v) is 6.89. The zero-order valence-electron chi connectivity index (χ0n) is 17.3. The van der Waals surface area contributed by atoms with Gasteiger partial charge in [-0.3, -0.25) is 4.90 Å². The van der Waals surface area contributed by atoms with Crippen LogP contribution in [-0.2, 0) is 10.3 Å². The molecule has 2 saturated heterocycles. The number of rotatable bonds is 6. The zero-order valence-corrected chi connectivity index (χ0v) is 17.3. The van der Waals surface area contributed by atoms with E-state index in [0.29, 0.717) is 6.61 Å². The minimum Gasteiger partial charge on any atom is -0.392 e. The van der Waals surface area contributed by atoms with Crippen molar-refractivity contribution in [2.24, 2.45) is 0 Å². The highest BCUT2D eigenvalue weighted by atomic mass is 16.5. The van der Waals surface area contributed by atoms with E-state index in [1.54, 1.807) is 0 Å². The van der Waals surface area contributed by atoms with E-state index in [-0.39, 0.29) is 11.6 Å². The molecule has 3 heteroatoms. The Morgan fingerprint density at radius 3 is 1.83 bits per heavy atom. The van der Waals surface area contributed by atoms with Gasteiger partial charge in [-0.2, -0.15) is 0 Å². The lowest BCUT2D eigenvalue weighted by atomic mass is 9.79. The van der Waals surface area contributed by atoms with E-state index in [1.165, 1.54) is 6.42 Å². The lowest BCUT2D eigenvalue weighted by Crippen LogP contribution is -2.46. The minimum absolute atomic E-state index is 0.0665. The van der Waals surface area contributed by atoms with Gasteiger partial charge in [-0.1, -0.05) is 91.0 Å². The normalized spacial score (nSPS) is 24.1. The van der Waals surface area contributed by atoms with Gasteiger partial charge in [0.15, 0.2) is 0 Å². The monoisotopic (exact) mass is 399 g/mol. The maximum atomic E-state index is 10.4. The van der Waals surface area contributed by atoms with Crippen molar-refractivity contribution in [2.75, 3.05) is 19.7 Å². The molecule has 2 heterocycles. The highest BCUT2D eigenvalue weighted by Crippen LogP contribution is 2.45. The maximum Gasteiger partial charge on any atom is 0.143 e. The first-order valence-electron chi connectivity index (χ1n) is 11.0. The Bertz CT molecular complexity index is 863. The fraction of sp³-hybridized carbons (Fsp3) is 0.333. The van der Waals surface area contributed by atoms with Gasteiger partial charge < -0.3 is 9.84 Å². The van der Waals surface area contributed by atoms with Gasteiger partial charge in [0.1, 0.15) is 5.60 Å². The van der Waals surface area contributed by atoms with Crippen molar-refractivity contribution < 1.29 is 9.84 Å². The summed E-state index contributed by atoms with van der Waals surface area (Å²) < 4.78 is 7.07. The molecule has 3 nitrogen and oxygen atoms in total. The number of aliphatic hydroxyl groups excluding tert-OH is 1. The van der Waals surface area contributed by atoms with Crippen molar-refractivity contribution in [3.8, 4) is 0 Å². The number of aliphatic hydroxyl groups is 1. The first-order valence-corrected chi connectivity index (χ1v) is 11.0. The van der Waals surface area contributed by atoms with Crippen molar-refractivity contribution in [1.29, 1.82) is 0 Å². The number of benzene rings is 3. The fourth-order valence-corrected chi connectivity index (χ4v) is 5.50. The molecule has 2 unspecified atom stereocenters. The molecule has 0 amide bonds. The van der Waals surface area contributed by atoms with Crippen molar-refractivity contribution in [3.05, 3.63) is 108 Å². The summed E-state index contributed by atoms with van der Waals surface area (Å²) in [6.45, 7) is 2.41. The van der Waals surface area contributed by atoms with E-state index in [1.807, 2.05) is 0 Å². The Kier molecular flexibility index (Phi) is 5.20. The van der Waals surface area contributed by atoms with Crippen molar-refractivity contribution in [3.63, 3.8) is 0 Å². The van der Waals surface area contributed by atoms with Crippen LogP contribution in [0.5, 0.6) is 0 Å². The van der Waals surface area contributed by atoms with Gasteiger partial charge in [0.2, 0.25) is 0 Å². The van der Waals surface area contributed by atoms with Crippen LogP contribution < -0.4 is 0 Å². The summed E-state index contributed by atoms with van der Waals surface area (Å²) in [6, 6.07) is 31.6. The van der Waals surface area contributed by atoms with Crippen LogP contribution in [0.2, 0.25) is 0 Å². The van der Waals surface area contributed by atoms with E-state index in [4.69, 9.17) is 4.74 Å². The standard InChI is InChI=1S/C27H29NO2/c29-25-19-26(17-10-18-28(26)20-25)21-30-27(22-11-4-1-5-12-22,23-13-6-2-7-14-23)24-15-8-3-9-16-24/h1-9,11-16,25,29H,10,17-21H2. The van der Waals surface area contributed by atoms with Crippen LogP contribution >= 0.6 is 0 Å². The van der Waals surface area contributed by atoms with Crippen LogP contribution in [0.15, 0.2) is 91.0 Å². The van der Waals surface area contributed by atoms with Crippen molar-refractivity contribution >= 4 is 0 Å². The SMILES string of the molecule is OC1CN2CCCC2(COC(c2ccccc2)(c2ccccc2)c2ccccc2)C1. The number of nitrogens with zero attached hydrogens (tertiary/aromatic N) is 1. The lowest BCUT2D eigenvalue weighted by Gasteiger charge is -2.40. The molecule has 0 saturated carbocycles. The predicted octanol–water partition coefficient (Wildman–Crippen LogP) is 4.59. The van der Waals surface area contributed by atoms with Gasteiger partial charge in [-0.15, -0.1) is 0 Å². The molecular formula is C27H29NO2. The summed E-state index contributed by atoms with van der Waals surface area (Å²) in [7, 11) is 0. The molecule has 30 heavy (non-hydrogen) atoms. The van der Waals surface area contributed by atoms with Crippen LogP contribution in [0, 0.1) is 0 Å². The second kappa shape index (κ2) is 7.99. The van der Waals surface area contributed by atoms with E-state index in [9.17, 15) is 5.11 Å². The van der Waals surface area contributed by atoms with E-state index >= 15 is 0 Å². The number of β-amino-alcohol motifs (C(OH)–C–C–N with tert-alkyl or cyclic N) is 1. The Morgan fingerprint density at radius 2 is 1.33 bits per heavy atom. The zero-order chi connectivity index (χ0) is 20.4. The molecule has 0 aliphatic carbocycles. The second-order valence-corrected chi connectivity index (χ2v) is 8.70. The first-order chi connectivity index (χ1) is 14.7.